The standard InChI is InChI=1S/C12H16N2O3S2/c1-7-5-13(6-8(2)18-7)12-10(14(16)17)4-11(19-12)9(3)15/h4,7-8H,5-6H2,1-3H3. The summed E-state index contributed by atoms with van der Waals surface area (Å²) < 4.78 is 0. The van der Waals surface area contributed by atoms with E-state index in [2.05, 4.69) is 13.8 Å². The Kier molecular flexibility index (Phi) is 4.15. The molecular weight excluding hydrogens is 284 g/mol. The topological polar surface area (TPSA) is 63.4 Å². The summed E-state index contributed by atoms with van der Waals surface area (Å²) in [5.74, 6) is -0.119. The fourth-order valence-electron chi connectivity index (χ4n) is 2.25. The Hall–Kier alpha value is -1.08. The van der Waals surface area contributed by atoms with Crippen LogP contribution in [0.5, 0.6) is 0 Å². The van der Waals surface area contributed by atoms with Gasteiger partial charge in [-0.2, -0.15) is 11.8 Å². The molecule has 2 unspecified atom stereocenters. The summed E-state index contributed by atoms with van der Waals surface area (Å²) in [6.45, 7) is 7.26. The van der Waals surface area contributed by atoms with Crippen LogP contribution in [0.4, 0.5) is 10.7 Å². The molecule has 0 aromatic carbocycles. The third-order valence-corrected chi connectivity index (χ3v) is 5.46. The van der Waals surface area contributed by atoms with E-state index in [1.165, 1.54) is 24.3 Å². The highest BCUT2D eigenvalue weighted by molar-refractivity contribution is 8.00. The number of rotatable bonds is 3. The third kappa shape index (κ3) is 3.09. The van der Waals surface area contributed by atoms with Crippen LogP contribution in [0.25, 0.3) is 0 Å². The van der Waals surface area contributed by atoms with Crippen molar-refractivity contribution in [1.82, 2.24) is 0 Å². The minimum Gasteiger partial charge on any atom is -0.356 e. The van der Waals surface area contributed by atoms with Crippen LogP contribution < -0.4 is 4.90 Å². The summed E-state index contributed by atoms with van der Waals surface area (Å²) in [6.07, 6.45) is 0. The molecule has 104 valence electrons. The van der Waals surface area contributed by atoms with E-state index in [1.807, 2.05) is 16.7 Å². The van der Waals surface area contributed by atoms with Crippen molar-refractivity contribution in [2.24, 2.45) is 0 Å². The predicted molar refractivity (Wildman–Crippen MR) is 79.7 cm³/mol. The SMILES string of the molecule is CC(=O)c1cc([N+](=O)[O-])c(N2CC(C)SC(C)C2)s1. The van der Waals surface area contributed by atoms with Crippen LogP contribution >= 0.6 is 23.1 Å². The Morgan fingerprint density at radius 3 is 2.47 bits per heavy atom. The maximum atomic E-state index is 11.4. The van der Waals surface area contributed by atoms with Gasteiger partial charge in [0.15, 0.2) is 10.8 Å². The normalized spacial score (nSPS) is 23.4. The van der Waals surface area contributed by atoms with Gasteiger partial charge in [-0.15, -0.1) is 11.3 Å². The highest BCUT2D eigenvalue weighted by Gasteiger charge is 2.30. The third-order valence-electron chi connectivity index (χ3n) is 2.94. The number of ketones is 1. The van der Waals surface area contributed by atoms with Gasteiger partial charge in [0.2, 0.25) is 0 Å². The molecule has 1 fully saturated rings. The number of nitrogens with zero attached hydrogens (tertiary/aromatic N) is 2. The molecule has 0 saturated carbocycles. The molecule has 1 saturated heterocycles. The number of hydrogen-bond donors (Lipinski definition) is 0. The summed E-state index contributed by atoms with van der Waals surface area (Å²) in [6, 6.07) is 1.40. The molecular formula is C12H16N2O3S2. The second kappa shape index (κ2) is 5.50. The maximum absolute atomic E-state index is 11.4. The zero-order valence-electron chi connectivity index (χ0n) is 11.1. The second-order valence-electron chi connectivity index (χ2n) is 4.78. The smallest absolute Gasteiger partial charge is 0.304 e. The number of Topliss-reactive ketones (excluding diaryl/α,β-unsaturated/α-hetero) is 1. The van der Waals surface area contributed by atoms with Crippen LogP contribution in [-0.4, -0.2) is 34.3 Å². The summed E-state index contributed by atoms with van der Waals surface area (Å²) in [5.41, 5.74) is 0.0569. The molecule has 1 aromatic heterocycles. The van der Waals surface area contributed by atoms with E-state index in [4.69, 9.17) is 0 Å². The van der Waals surface area contributed by atoms with Crippen molar-refractivity contribution in [3.05, 3.63) is 21.1 Å². The summed E-state index contributed by atoms with van der Waals surface area (Å²) >= 11 is 3.13. The molecule has 2 heterocycles. The van der Waals surface area contributed by atoms with Crippen molar-refractivity contribution in [2.75, 3.05) is 18.0 Å². The summed E-state index contributed by atoms with van der Waals surface area (Å²) in [5, 5.41) is 12.6. The van der Waals surface area contributed by atoms with Crippen molar-refractivity contribution >= 4 is 39.6 Å². The molecule has 0 radical (unpaired) electrons. The molecule has 0 aliphatic carbocycles. The molecule has 2 atom stereocenters. The molecule has 1 aliphatic rings. The Balaban J connectivity index is 2.37. The summed E-state index contributed by atoms with van der Waals surface area (Å²) in [7, 11) is 0. The first-order valence-corrected chi connectivity index (χ1v) is 7.84. The van der Waals surface area contributed by atoms with E-state index >= 15 is 0 Å². The van der Waals surface area contributed by atoms with Crippen LogP contribution in [0.15, 0.2) is 6.07 Å². The zero-order chi connectivity index (χ0) is 14.2. The molecule has 7 heteroatoms. The molecule has 19 heavy (non-hydrogen) atoms. The number of thioether (sulfide) groups is 1. The van der Waals surface area contributed by atoms with Gasteiger partial charge in [0.05, 0.1) is 9.80 Å². The predicted octanol–water partition coefficient (Wildman–Crippen LogP) is 3.19. The number of hydrogen-bond acceptors (Lipinski definition) is 6. The largest absolute Gasteiger partial charge is 0.356 e. The lowest BCUT2D eigenvalue weighted by Crippen LogP contribution is -2.40. The lowest BCUT2D eigenvalue weighted by atomic mass is 10.3. The Bertz CT molecular complexity index is 505. The Morgan fingerprint density at radius 1 is 1.42 bits per heavy atom. The average molecular weight is 300 g/mol. The minimum absolute atomic E-state index is 0.0569. The highest BCUT2D eigenvalue weighted by atomic mass is 32.2. The van der Waals surface area contributed by atoms with Crippen LogP contribution in [0.3, 0.4) is 0 Å². The lowest BCUT2D eigenvalue weighted by molar-refractivity contribution is -0.383. The number of thiophene rings is 1. The van der Waals surface area contributed by atoms with E-state index in [1.54, 1.807) is 0 Å². The zero-order valence-corrected chi connectivity index (χ0v) is 12.7. The first-order valence-electron chi connectivity index (χ1n) is 6.08. The molecule has 5 nitrogen and oxygen atoms in total. The van der Waals surface area contributed by atoms with Gasteiger partial charge in [0.25, 0.3) is 0 Å². The van der Waals surface area contributed by atoms with Crippen molar-refractivity contribution in [3.63, 3.8) is 0 Å². The minimum atomic E-state index is -0.393. The molecule has 1 aromatic rings. The molecule has 0 N–H and O–H groups in total. The monoisotopic (exact) mass is 300 g/mol. The fraction of sp³-hybridized carbons (Fsp3) is 0.583. The maximum Gasteiger partial charge on any atom is 0.304 e. The van der Waals surface area contributed by atoms with Crippen molar-refractivity contribution < 1.29 is 9.72 Å². The number of nitro groups is 1. The van der Waals surface area contributed by atoms with Gasteiger partial charge in [-0.3, -0.25) is 14.9 Å². The summed E-state index contributed by atoms with van der Waals surface area (Å²) in [4.78, 5) is 24.7. The van der Waals surface area contributed by atoms with Gasteiger partial charge in [0, 0.05) is 29.7 Å². The first kappa shape index (κ1) is 14.3. The van der Waals surface area contributed by atoms with Crippen molar-refractivity contribution in [3.8, 4) is 0 Å². The molecule has 0 spiro atoms. The van der Waals surface area contributed by atoms with Crippen LogP contribution in [-0.2, 0) is 0 Å². The van der Waals surface area contributed by atoms with E-state index in [0.717, 1.165) is 13.1 Å². The van der Waals surface area contributed by atoms with E-state index < -0.39 is 4.92 Å². The lowest BCUT2D eigenvalue weighted by Gasteiger charge is -2.34. The Labute approximate surface area is 120 Å². The number of carbonyl (C=O) groups excluding carboxylic acids is 1. The average Bonchev–Trinajstić information content (AvgIpc) is 2.72. The van der Waals surface area contributed by atoms with Gasteiger partial charge in [-0.1, -0.05) is 13.8 Å². The van der Waals surface area contributed by atoms with Gasteiger partial charge >= 0.3 is 5.69 Å². The van der Waals surface area contributed by atoms with Gasteiger partial charge in [0.1, 0.15) is 0 Å². The molecule has 1 aliphatic heterocycles. The van der Waals surface area contributed by atoms with Gasteiger partial charge in [-0.25, -0.2) is 0 Å². The van der Waals surface area contributed by atoms with E-state index in [9.17, 15) is 14.9 Å². The fourth-order valence-corrected chi connectivity index (χ4v) is 4.61. The quantitative estimate of drug-likeness (QED) is 0.487. The highest BCUT2D eigenvalue weighted by Crippen LogP contribution is 2.40. The van der Waals surface area contributed by atoms with Crippen molar-refractivity contribution in [2.45, 2.75) is 31.3 Å². The van der Waals surface area contributed by atoms with Crippen LogP contribution in [0, 0.1) is 10.1 Å². The van der Waals surface area contributed by atoms with Crippen LogP contribution in [0.1, 0.15) is 30.4 Å². The number of anilines is 1. The first-order chi connectivity index (χ1) is 8.88. The van der Waals surface area contributed by atoms with Crippen molar-refractivity contribution in [1.29, 1.82) is 0 Å². The number of carbonyl (C=O) groups is 1. The van der Waals surface area contributed by atoms with Crippen LogP contribution in [0.2, 0.25) is 0 Å². The van der Waals surface area contributed by atoms with E-state index in [0.29, 0.717) is 20.4 Å². The van der Waals surface area contributed by atoms with E-state index in [-0.39, 0.29) is 11.5 Å². The molecule has 0 bridgehead atoms. The second-order valence-corrected chi connectivity index (χ2v) is 7.69. The van der Waals surface area contributed by atoms with Gasteiger partial charge in [-0.05, 0) is 6.92 Å². The Morgan fingerprint density at radius 2 is 2.00 bits per heavy atom. The van der Waals surface area contributed by atoms with Gasteiger partial charge < -0.3 is 4.90 Å². The molecule has 2 rings (SSSR count). The molecule has 0 amide bonds.